The Kier molecular flexibility index (Phi) is 7.42. The second kappa shape index (κ2) is 7.63. The van der Waals surface area contributed by atoms with E-state index in [0.717, 1.165) is 25.7 Å². The first-order valence-electron chi connectivity index (χ1n) is 8.52. The van der Waals surface area contributed by atoms with Crippen molar-refractivity contribution in [2.24, 2.45) is 28.4 Å². The van der Waals surface area contributed by atoms with E-state index >= 15 is 0 Å². The molecule has 124 valence electrons. The Hall–Kier alpha value is -0.560. The van der Waals surface area contributed by atoms with Crippen LogP contribution in [0, 0.1) is 22.7 Å². The summed E-state index contributed by atoms with van der Waals surface area (Å²) in [6.45, 7) is 24.0. The zero-order valence-corrected chi connectivity index (χ0v) is 15.6. The highest BCUT2D eigenvalue weighted by atomic mass is 14.8. The molecule has 2 N–H and O–H groups in total. The number of hydrogen-bond donors (Lipinski definition) is 1. The molecule has 0 radical (unpaired) electrons. The van der Waals surface area contributed by atoms with E-state index in [-0.39, 0.29) is 16.4 Å². The van der Waals surface area contributed by atoms with Crippen molar-refractivity contribution >= 4 is 0 Å². The van der Waals surface area contributed by atoms with Crippen molar-refractivity contribution in [1.82, 2.24) is 0 Å². The highest BCUT2D eigenvalue weighted by molar-refractivity contribution is 5.10. The summed E-state index contributed by atoms with van der Waals surface area (Å²) >= 11 is 0. The molecule has 0 aliphatic heterocycles. The van der Waals surface area contributed by atoms with Crippen molar-refractivity contribution < 1.29 is 0 Å². The lowest BCUT2D eigenvalue weighted by molar-refractivity contribution is -0.0457. The van der Waals surface area contributed by atoms with Gasteiger partial charge in [0.15, 0.2) is 0 Å². The molecule has 1 nitrogen and oxygen atoms in total. The van der Waals surface area contributed by atoms with Crippen molar-refractivity contribution in [3.63, 3.8) is 0 Å². The molecule has 0 aromatic rings. The predicted molar refractivity (Wildman–Crippen MR) is 97.3 cm³/mol. The SMILES string of the molecule is C=CCCC(C)(C(C)C)C(C)(N)C(C)(CCC=C)C(C)C. The lowest BCUT2D eigenvalue weighted by Crippen LogP contribution is -2.65. The van der Waals surface area contributed by atoms with Crippen LogP contribution in [0.25, 0.3) is 0 Å². The largest absolute Gasteiger partial charge is 0.324 e. The van der Waals surface area contributed by atoms with Crippen LogP contribution < -0.4 is 5.73 Å². The predicted octanol–water partition coefficient (Wildman–Crippen LogP) is 5.96. The summed E-state index contributed by atoms with van der Waals surface area (Å²) in [6.07, 6.45) is 8.28. The second-order valence-electron chi connectivity index (χ2n) is 8.00. The lowest BCUT2D eigenvalue weighted by atomic mass is 9.49. The molecule has 21 heavy (non-hydrogen) atoms. The van der Waals surface area contributed by atoms with E-state index in [4.69, 9.17) is 5.73 Å². The van der Waals surface area contributed by atoms with Crippen molar-refractivity contribution in [2.45, 2.75) is 79.7 Å². The molecule has 1 heteroatoms. The van der Waals surface area contributed by atoms with Crippen molar-refractivity contribution in [1.29, 1.82) is 0 Å². The fraction of sp³-hybridized carbons (Fsp3) is 0.800. The average Bonchev–Trinajstić information content (AvgIpc) is 2.40. The van der Waals surface area contributed by atoms with Crippen LogP contribution in [0.2, 0.25) is 0 Å². The molecule has 0 rings (SSSR count). The number of allylic oxidation sites excluding steroid dienone is 2. The van der Waals surface area contributed by atoms with Crippen LogP contribution in [-0.4, -0.2) is 5.54 Å². The number of hydrogen-bond acceptors (Lipinski definition) is 1. The molecule has 0 aliphatic rings. The molecule has 0 aliphatic carbocycles. The first kappa shape index (κ1) is 20.4. The van der Waals surface area contributed by atoms with Gasteiger partial charge in [-0.2, -0.15) is 0 Å². The van der Waals surface area contributed by atoms with Crippen molar-refractivity contribution in [2.75, 3.05) is 0 Å². The summed E-state index contributed by atoms with van der Waals surface area (Å²) in [7, 11) is 0. The van der Waals surface area contributed by atoms with E-state index in [0.29, 0.717) is 11.8 Å². The third kappa shape index (κ3) is 3.80. The third-order valence-corrected chi connectivity index (χ3v) is 6.66. The zero-order valence-electron chi connectivity index (χ0n) is 15.6. The van der Waals surface area contributed by atoms with E-state index in [1.54, 1.807) is 0 Å². The van der Waals surface area contributed by atoms with Gasteiger partial charge in [-0.05, 0) is 55.3 Å². The monoisotopic (exact) mass is 293 g/mol. The van der Waals surface area contributed by atoms with Crippen LogP contribution in [0.3, 0.4) is 0 Å². The fourth-order valence-electron chi connectivity index (χ4n) is 3.75. The molecule has 2 atom stereocenters. The molecule has 0 saturated heterocycles. The van der Waals surface area contributed by atoms with Gasteiger partial charge in [-0.15, -0.1) is 13.2 Å². The van der Waals surface area contributed by atoms with Crippen LogP contribution in [-0.2, 0) is 0 Å². The number of nitrogens with two attached hydrogens (primary N) is 1. The zero-order chi connectivity index (χ0) is 16.9. The van der Waals surface area contributed by atoms with Gasteiger partial charge in [-0.1, -0.05) is 53.7 Å². The van der Waals surface area contributed by atoms with Gasteiger partial charge in [0, 0.05) is 5.54 Å². The highest BCUT2D eigenvalue weighted by Gasteiger charge is 2.54. The van der Waals surface area contributed by atoms with E-state index in [2.05, 4.69) is 61.6 Å². The summed E-state index contributed by atoms with van der Waals surface area (Å²) in [4.78, 5) is 0. The summed E-state index contributed by atoms with van der Waals surface area (Å²) in [5.41, 5.74) is 7.02. The first-order valence-corrected chi connectivity index (χ1v) is 8.52. The maximum Gasteiger partial charge on any atom is 0.0239 e. The standard InChI is InChI=1S/C20H39N/c1-10-12-14-18(7,16(3)4)20(9,21)19(8,17(5)6)15-13-11-2/h10-11,16-17H,1-2,12-15,21H2,3-9H3. The smallest absolute Gasteiger partial charge is 0.0239 e. The molecular weight excluding hydrogens is 254 g/mol. The molecule has 0 amide bonds. The van der Waals surface area contributed by atoms with Crippen LogP contribution in [0.15, 0.2) is 25.3 Å². The molecule has 0 fully saturated rings. The Morgan fingerprint density at radius 1 is 0.810 bits per heavy atom. The highest BCUT2D eigenvalue weighted by Crippen LogP contribution is 2.54. The molecule has 2 unspecified atom stereocenters. The minimum atomic E-state index is -0.242. The Morgan fingerprint density at radius 2 is 1.10 bits per heavy atom. The summed E-state index contributed by atoms with van der Waals surface area (Å²) < 4.78 is 0. The molecule has 0 aromatic carbocycles. The van der Waals surface area contributed by atoms with E-state index < -0.39 is 0 Å². The van der Waals surface area contributed by atoms with Gasteiger partial charge in [-0.3, -0.25) is 0 Å². The molecule has 0 heterocycles. The second-order valence-corrected chi connectivity index (χ2v) is 8.00. The number of rotatable bonds is 10. The maximum absolute atomic E-state index is 7.09. The van der Waals surface area contributed by atoms with Crippen molar-refractivity contribution in [3.05, 3.63) is 25.3 Å². The quantitative estimate of drug-likeness (QED) is 0.494. The van der Waals surface area contributed by atoms with Gasteiger partial charge in [-0.25, -0.2) is 0 Å². The minimum absolute atomic E-state index is 0.0847. The van der Waals surface area contributed by atoms with Gasteiger partial charge in [0.05, 0.1) is 0 Å². The van der Waals surface area contributed by atoms with E-state index in [9.17, 15) is 0 Å². The minimum Gasteiger partial charge on any atom is -0.324 e. The van der Waals surface area contributed by atoms with E-state index in [1.807, 2.05) is 12.2 Å². The summed E-state index contributed by atoms with van der Waals surface area (Å²) in [5, 5.41) is 0. The van der Waals surface area contributed by atoms with Gasteiger partial charge < -0.3 is 5.73 Å². The maximum atomic E-state index is 7.09. The molecule has 0 saturated carbocycles. The van der Waals surface area contributed by atoms with Crippen LogP contribution >= 0.6 is 0 Å². The summed E-state index contributed by atoms with van der Waals surface area (Å²) in [6, 6.07) is 0. The van der Waals surface area contributed by atoms with Gasteiger partial charge in [0.1, 0.15) is 0 Å². The van der Waals surface area contributed by atoms with Crippen molar-refractivity contribution in [3.8, 4) is 0 Å². The van der Waals surface area contributed by atoms with Gasteiger partial charge in [0.2, 0.25) is 0 Å². The Bertz CT molecular complexity index is 308. The molecule has 0 spiro atoms. The van der Waals surface area contributed by atoms with Crippen LogP contribution in [0.4, 0.5) is 0 Å². The van der Waals surface area contributed by atoms with E-state index in [1.165, 1.54) is 0 Å². The Morgan fingerprint density at radius 3 is 1.29 bits per heavy atom. The normalized spacial score (nSPS) is 20.7. The third-order valence-electron chi connectivity index (χ3n) is 6.66. The molecular formula is C20H39N. The fourth-order valence-corrected chi connectivity index (χ4v) is 3.75. The summed E-state index contributed by atoms with van der Waals surface area (Å²) in [5.74, 6) is 1.07. The van der Waals surface area contributed by atoms with Crippen LogP contribution in [0.5, 0.6) is 0 Å². The molecule has 0 aromatic heterocycles. The van der Waals surface area contributed by atoms with Gasteiger partial charge in [0.25, 0.3) is 0 Å². The van der Waals surface area contributed by atoms with Crippen LogP contribution in [0.1, 0.15) is 74.1 Å². The lowest BCUT2D eigenvalue weighted by Gasteiger charge is -2.59. The first-order chi connectivity index (χ1) is 9.51. The Balaban J connectivity index is 5.79. The topological polar surface area (TPSA) is 26.0 Å². The Labute approximate surface area is 134 Å². The average molecular weight is 294 g/mol. The molecule has 0 bridgehead atoms. The van der Waals surface area contributed by atoms with Gasteiger partial charge >= 0.3 is 0 Å².